The summed E-state index contributed by atoms with van der Waals surface area (Å²) in [5, 5.41) is 4.67. The highest BCUT2D eigenvalue weighted by atomic mass is 16.5. The van der Waals surface area contributed by atoms with Gasteiger partial charge in [-0.05, 0) is 59.7 Å². The standard InChI is InChI=1S/C23H21NO4/c1-3-28-23(26)21(24-22(25)17-7-5-4-6-8-17)14-16-9-10-19-15-20(27-2)12-11-18(19)13-16/h4-15H,3H2,1-2H3,(H,24,25)/b21-14-. The Morgan fingerprint density at radius 1 is 0.964 bits per heavy atom. The zero-order valence-electron chi connectivity index (χ0n) is 15.8. The highest BCUT2D eigenvalue weighted by molar-refractivity contribution is 6.03. The van der Waals surface area contributed by atoms with Gasteiger partial charge in [0.15, 0.2) is 0 Å². The molecule has 0 bridgehead atoms. The van der Waals surface area contributed by atoms with Crippen molar-refractivity contribution in [3.8, 4) is 5.75 Å². The largest absolute Gasteiger partial charge is 0.497 e. The predicted octanol–water partition coefficient (Wildman–Crippen LogP) is 4.18. The molecule has 0 radical (unpaired) electrons. The summed E-state index contributed by atoms with van der Waals surface area (Å²) in [6.45, 7) is 1.94. The maximum Gasteiger partial charge on any atom is 0.354 e. The lowest BCUT2D eigenvalue weighted by atomic mass is 10.1. The zero-order chi connectivity index (χ0) is 19.9. The number of benzene rings is 3. The highest BCUT2D eigenvalue weighted by Gasteiger charge is 2.15. The molecule has 5 heteroatoms. The zero-order valence-corrected chi connectivity index (χ0v) is 15.8. The molecule has 0 aliphatic carbocycles. The summed E-state index contributed by atoms with van der Waals surface area (Å²) < 4.78 is 10.3. The van der Waals surface area contributed by atoms with Crippen LogP contribution in [0.15, 0.2) is 72.4 Å². The van der Waals surface area contributed by atoms with Crippen LogP contribution in [0, 0.1) is 0 Å². The lowest BCUT2D eigenvalue weighted by Gasteiger charge is -2.10. The van der Waals surface area contributed by atoms with E-state index in [-0.39, 0.29) is 18.2 Å². The molecule has 0 saturated carbocycles. The number of fused-ring (bicyclic) bond motifs is 1. The van der Waals surface area contributed by atoms with Crippen molar-refractivity contribution < 1.29 is 19.1 Å². The van der Waals surface area contributed by atoms with Gasteiger partial charge >= 0.3 is 5.97 Å². The Morgan fingerprint density at radius 2 is 1.68 bits per heavy atom. The topological polar surface area (TPSA) is 64.6 Å². The lowest BCUT2D eigenvalue weighted by molar-refractivity contribution is -0.138. The van der Waals surface area contributed by atoms with Gasteiger partial charge in [-0.15, -0.1) is 0 Å². The molecule has 5 nitrogen and oxygen atoms in total. The number of hydrogen-bond donors (Lipinski definition) is 1. The van der Waals surface area contributed by atoms with Gasteiger partial charge in [0, 0.05) is 5.56 Å². The smallest absolute Gasteiger partial charge is 0.354 e. The van der Waals surface area contributed by atoms with Crippen molar-refractivity contribution in [2.45, 2.75) is 6.92 Å². The Hall–Kier alpha value is -3.60. The first-order chi connectivity index (χ1) is 13.6. The summed E-state index contributed by atoms with van der Waals surface area (Å²) in [6.07, 6.45) is 1.61. The van der Waals surface area contributed by atoms with Crippen molar-refractivity contribution in [3.05, 3.63) is 83.6 Å². The summed E-state index contributed by atoms with van der Waals surface area (Å²) in [4.78, 5) is 24.8. The fraction of sp³-hybridized carbons (Fsp3) is 0.130. The normalized spacial score (nSPS) is 11.1. The Balaban J connectivity index is 1.93. The maximum absolute atomic E-state index is 12.5. The van der Waals surface area contributed by atoms with Gasteiger partial charge in [0.05, 0.1) is 13.7 Å². The summed E-state index contributed by atoms with van der Waals surface area (Å²) >= 11 is 0. The van der Waals surface area contributed by atoms with Crippen molar-refractivity contribution in [2.75, 3.05) is 13.7 Å². The maximum atomic E-state index is 12.5. The van der Waals surface area contributed by atoms with E-state index in [1.54, 1.807) is 44.4 Å². The van der Waals surface area contributed by atoms with Crippen LogP contribution in [0.1, 0.15) is 22.8 Å². The van der Waals surface area contributed by atoms with Gasteiger partial charge in [-0.1, -0.05) is 36.4 Å². The van der Waals surface area contributed by atoms with Crippen LogP contribution in [-0.2, 0) is 9.53 Å². The Labute approximate surface area is 163 Å². The van der Waals surface area contributed by atoms with Crippen LogP contribution in [0.3, 0.4) is 0 Å². The molecule has 0 heterocycles. The minimum Gasteiger partial charge on any atom is -0.497 e. The van der Waals surface area contributed by atoms with Crippen LogP contribution in [0.2, 0.25) is 0 Å². The predicted molar refractivity (Wildman–Crippen MR) is 109 cm³/mol. The first-order valence-corrected chi connectivity index (χ1v) is 8.93. The summed E-state index contributed by atoms with van der Waals surface area (Å²) in [5.41, 5.74) is 1.32. The van der Waals surface area contributed by atoms with Gasteiger partial charge in [0.1, 0.15) is 11.4 Å². The van der Waals surface area contributed by atoms with Crippen LogP contribution >= 0.6 is 0 Å². The number of esters is 1. The molecule has 0 unspecified atom stereocenters. The molecule has 0 aromatic heterocycles. The fourth-order valence-corrected chi connectivity index (χ4v) is 2.76. The summed E-state index contributed by atoms with van der Waals surface area (Å²) in [7, 11) is 1.62. The molecule has 0 aliphatic heterocycles. The molecule has 0 spiro atoms. The van der Waals surface area contributed by atoms with Crippen molar-refractivity contribution in [2.24, 2.45) is 0 Å². The second-order valence-electron chi connectivity index (χ2n) is 6.07. The van der Waals surface area contributed by atoms with E-state index in [1.807, 2.05) is 42.5 Å². The highest BCUT2D eigenvalue weighted by Crippen LogP contribution is 2.23. The number of carbonyl (C=O) groups excluding carboxylic acids is 2. The molecule has 1 amide bonds. The SMILES string of the molecule is CCOC(=O)/C(=C/c1ccc2cc(OC)ccc2c1)NC(=O)c1ccccc1. The van der Waals surface area contributed by atoms with Gasteiger partial charge in [0.2, 0.25) is 0 Å². The Bertz CT molecular complexity index is 1030. The number of rotatable bonds is 6. The second-order valence-corrected chi connectivity index (χ2v) is 6.07. The van der Waals surface area contributed by atoms with Gasteiger partial charge in [-0.2, -0.15) is 0 Å². The van der Waals surface area contributed by atoms with E-state index >= 15 is 0 Å². The first-order valence-electron chi connectivity index (χ1n) is 8.93. The molecule has 3 aromatic carbocycles. The molecular weight excluding hydrogens is 354 g/mol. The summed E-state index contributed by atoms with van der Waals surface area (Å²) in [5.74, 6) is -0.176. The second kappa shape index (κ2) is 8.86. The van der Waals surface area contributed by atoms with Gasteiger partial charge in [-0.25, -0.2) is 4.79 Å². The Kier molecular flexibility index (Phi) is 6.07. The number of amides is 1. The van der Waals surface area contributed by atoms with E-state index in [1.165, 1.54) is 0 Å². The lowest BCUT2D eigenvalue weighted by Crippen LogP contribution is -2.28. The van der Waals surface area contributed by atoms with E-state index in [4.69, 9.17) is 9.47 Å². The molecule has 0 saturated heterocycles. The average molecular weight is 375 g/mol. The average Bonchev–Trinajstić information content (AvgIpc) is 2.73. The molecule has 3 aromatic rings. The van der Waals surface area contributed by atoms with Crippen molar-refractivity contribution in [1.82, 2.24) is 5.32 Å². The van der Waals surface area contributed by atoms with E-state index in [2.05, 4.69) is 5.32 Å². The van der Waals surface area contributed by atoms with E-state index < -0.39 is 5.97 Å². The Morgan fingerprint density at radius 3 is 2.39 bits per heavy atom. The van der Waals surface area contributed by atoms with Crippen LogP contribution in [-0.4, -0.2) is 25.6 Å². The number of carbonyl (C=O) groups is 2. The molecule has 0 atom stereocenters. The van der Waals surface area contributed by atoms with Crippen LogP contribution in [0.4, 0.5) is 0 Å². The third-order valence-corrected chi connectivity index (χ3v) is 4.16. The van der Waals surface area contributed by atoms with E-state index in [0.717, 1.165) is 22.1 Å². The summed E-state index contributed by atoms with van der Waals surface area (Å²) in [6, 6.07) is 20.2. The first kappa shape index (κ1) is 19.2. The number of hydrogen-bond acceptors (Lipinski definition) is 4. The van der Waals surface area contributed by atoms with Crippen molar-refractivity contribution >= 4 is 28.7 Å². The third-order valence-electron chi connectivity index (χ3n) is 4.16. The van der Waals surface area contributed by atoms with Gasteiger partial charge < -0.3 is 14.8 Å². The van der Waals surface area contributed by atoms with Crippen molar-refractivity contribution in [1.29, 1.82) is 0 Å². The molecular formula is C23H21NO4. The molecule has 1 N–H and O–H groups in total. The van der Waals surface area contributed by atoms with E-state index in [9.17, 15) is 9.59 Å². The molecule has 0 aliphatic rings. The molecule has 28 heavy (non-hydrogen) atoms. The fourth-order valence-electron chi connectivity index (χ4n) is 2.76. The van der Waals surface area contributed by atoms with Gasteiger partial charge in [-0.3, -0.25) is 4.79 Å². The monoisotopic (exact) mass is 375 g/mol. The molecule has 3 rings (SSSR count). The number of nitrogens with one attached hydrogen (secondary N) is 1. The van der Waals surface area contributed by atoms with E-state index in [0.29, 0.717) is 5.56 Å². The quantitative estimate of drug-likeness (QED) is 0.518. The molecule has 0 fully saturated rings. The van der Waals surface area contributed by atoms with Crippen molar-refractivity contribution in [3.63, 3.8) is 0 Å². The number of methoxy groups -OCH3 is 1. The third kappa shape index (κ3) is 4.57. The van der Waals surface area contributed by atoms with Gasteiger partial charge in [0.25, 0.3) is 5.91 Å². The minimum absolute atomic E-state index is 0.0866. The van der Waals surface area contributed by atoms with Crippen LogP contribution in [0.25, 0.3) is 16.8 Å². The molecule has 142 valence electrons. The minimum atomic E-state index is -0.582. The number of ether oxygens (including phenoxy) is 2. The van der Waals surface area contributed by atoms with Crippen LogP contribution in [0.5, 0.6) is 5.75 Å². The van der Waals surface area contributed by atoms with Crippen LogP contribution < -0.4 is 10.1 Å².